The van der Waals surface area contributed by atoms with Gasteiger partial charge in [0.2, 0.25) is 5.91 Å². The average molecular weight is 319 g/mol. The van der Waals surface area contributed by atoms with E-state index in [9.17, 15) is 4.79 Å². The van der Waals surface area contributed by atoms with E-state index in [0.717, 1.165) is 18.4 Å². The summed E-state index contributed by atoms with van der Waals surface area (Å²) in [6, 6.07) is 7.77. The Morgan fingerprint density at radius 3 is 2.73 bits per heavy atom. The number of hydrogen-bond acceptors (Lipinski definition) is 3. The predicted octanol–water partition coefficient (Wildman–Crippen LogP) is 3.99. The van der Waals surface area contributed by atoms with Gasteiger partial charge in [0.05, 0.1) is 6.20 Å². The normalized spacial score (nSPS) is 15.1. The van der Waals surface area contributed by atoms with Crippen LogP contribution in [0.5, 0.6) is 0 Å². The van der Waals surface area contributed by atoms with E-state index in [4.69, 9.17) is 16.0 Å². The minimum atomic E-state index is 0.0816. The van der Waals surface area contributed by atoms with E-state index in [1.165, 1.54) is 12.8 Å². The summed E-state index contributed by atoms with van der Waals surface area (Å²) >= 11 is 5.87. The number of benzene rings is 1. The zero-order valence-electron chi connectivity index (χ0n) is 12.3. The largest absolute Gasteiger partial charge is 0.441 e. The number of nitrogens with one attached hydrogen (secondary N) is 1. The quantitative estimate of drug-likeness (QED) is 0.907. The van der Waals surface area contributed by atoms with Gasteiger partial charge >= 0.3 is 0 Å². The number of carbonyl (C=O) groups excluding carboxylic acids is 1. The van der Waals surface area contributed by atoms with Gasteiger partial charge in [-0.3, -0.25) is 4.79 Å². The number of aromatic nitrogens is 1. The van der Waals surface area contributed by atoms with Crippen LogP contribution in [0.15, 0.2) is 34.9 Å². The molecule has 3 rings (SSSR count). The van der Waals surface area contributed by atoms with E-state index in [1.807, 2.05) is 24.3 Å². The summed E-state index contributed by atoms with van der Waals surface area (Å²) in [6.07, 6.45) is 7.26. The van der Waals surface area contributed by atoms with E-state index < -0.39 is 0 Å². The van der Waals surface area contributed by atoms with Crippen molar-refractivity contribution in [1.29, 1.82) is 0 Å². The van der Waals surface area contributed by atoms with E-state index in [2.05, 4.69) is 10.3 Å². The number of hydrogen-bond donors (Lipinski definition) is 1. The van der Waals surface area contributed by atoms with Crippen molar-refractivity contribution in [3.63, 3.8) is 0 Å². The van der Waals surface area contributed by atoms with Crippen molar-refractivity contribution in [3.05, 3.63) is 41.4 Å². The average Bonchev–Trinajstić information content (AvgIpc) is 3.17. The van der Waals surface area contributed by atoms with Gasteiger partial charge in [-0.05, 0) is 37.1 Å². The van der Waals surface area contributed by atoms with Gasteiger partial charge in [-0.15, -0.1) is 0 Å². The molecule has 5 heteroatoms. The first kappa shape index (κ1) is 15.1. The first-order valence-electron chi connectivity index (χ1n) is 7.71. The first-order valence-corrected chi connectivity index (χ1v) is 8.08. The predicted molar refractivity (Wildman–Crippen MR) is 85.7 cm³/mol. The Hall–Kier alpha value is -1.81. The number of amides is 1. The molecule has 0 radical (unpaired) electrons. The number of oxazole rings is 1. The highest BCUT2D eigenvalue weighted by molar-refractivity contribution is 6.30. The van der Waals surface area contributed by atoms with Crippen molar-refractivity contribution in [1.82, 2.24) is 10.3 Å². The molecule has 1 aliphatic carbocycles. The lowest BCUT2D eigenvalue weighted by Gasteiger charge is -2.10. The third-order valence-electron chi connectivity index (χ3n) is 3.97. The smallest absolute Gasteiger partial charge is 0.220 e. The second-order valence-electron chi connectivity index (χ2n) is 5.67. The maximum atomic E-state index is 11.9. The van der Waals surface area contributed by atoms with Crippen LogP contribution in [-0.4, -0.2) is 16.9 Å². The molecule has 1 amide bonds. The molecule has 116 valence electrons. The molecule has 0 unspecified atom stereocenters. The molecule has 1 saturated carbocycles. The Morgan fingerprint density at radius 2 is 2.00 bits per heavy atom. The molecule has 0 bridgehead atoms. The maximum absolute atomic E-state index is 11.9. The van der Waals surface area contributed by atoms with Gasteiger partial charge in [-0.25, -0.2) is 4.98 Å². The topological polar surface area (TPSA) is 55.1 Å². The van der Waals surface area contributed by atoms with Gasteiger partial charge in [0.15, 0.2) is 11.7 Å². The molecule has 2 aromatic rings. The molecule has 0 atom stereocenters. The Kier molecular flexibility index (Phi) is 4.78. The molecule has 0 saturated heterocycles. The molecule has 1 fully saturated rings. The first-order chi connectivity index (χ1) is 10.7. The summed E-state index contributed by atoms with van der Waals surface area (Å²) in [4.78, 5) is 16.1. The van der Waals surface area contributed by atoms with Gasteiger partial charge in [0, 0.05) is 29.5 Å². The van der Waals surface area contributed by atoms with E-state index >= 15 is 0 Å². The standard InChI is InChI=1S/C17H19ClN2O2/c18-13-7-5-12(6-8-13)15-11-19-17(22-15)10-9-16(21)20-14-3-1-2-4-14/h5-8,11,14H,1-4,9-10H2,(H,20,21). The van der Waals surface area contributed by atoms with Gasteiger partial charge in [0.25, 0.3) is 0 Å². The fourth-order valence-corrected chi connectivity index (χ4v) is 2.89. The van der Waals surface area contributed by atoms with Crippen LogP contribution in [0.1, 0.15) is 38.0 Å². The van der Waals surface area contributed by atoms with Crippen LogP contribution in [-0.2, 0) is 11.2 Å². The minimum absolute atomic E-state index is 0.0816. The second-order valence-corrected chi connectivity index (χ2v) is 6.11. The lowest BCUT2D eigenvalue weighted by atomic mass is 10.2. The van der Waals surface area contributed by atoms with Crippen molar-refractivity contribution < 1.29 is 9.21 Å². The lowest BCUT2D eigenvalue weighted by Crippen LogP contribution is -2.32. The highest BCUT2D eigenvalue weighted by atomic mass is 35.5. The van der Waals surface area contributed by atoms with Crippen molar-refractivity contribution in [2.75, 3.05) is 0 Å². The summed E-state index contributed by atoms with van der Waals surface area (Å²) in [5.41, 5.74) is 0.929. The molecule has 1 aliphatic rings. The zero-order valence-corrected chi connectivity index (χ0v) is 13.1. The van der Waals surface area contributed by atoms with Gasteiger partial charge < -0.3 is 9.73 Å². The number of carbonyl (C=O) groups is 1. The highest BCUT2D eigenvalue weighted by Gasteiger charge is 2.17. The lowest BCUT2D eigenvalue weighted by molar-refractivity contribution is -0.121. The molecule has 1 aromatic heterocycles. The maximum Gasteiger partial charge on any atom is 0.220 e. The zero-order chi connectivity index (χ0) is 15.4. The van der Waals surface area contributed by atoms with Crippen LogP contribution < -0.4 is 5.32 Å². The van der Waals surface area contributed by atoms with Crippen LogP contribution in [0, 0.1) is 0 Å². The van der Waals surface area contributed by atoms with E-state index in [1.54, 1.807) is 6.20 Å². The summed E-state index contributed by atoms with van der Waals surface area (Å²) in [6.45, 7) is 0. The van der Waals surface area contributed by atoms with E-state index in [-0.39, 0.29) is 5.91 Å². The SMILES string of the molecule is O=C(CCc1ncc(-c2ccc(Cl)cc2)o1)NC1CCCC1. The molecule has 22 heavy (non-hydrogen) atoms. The summed E-state index contributed by atoms with van der Waals surface area (Å²) in [5, 5.41) is 3.76. The van der Waals surface area contributed by atoms with Crippen LogP contribution in [0.4, 0.5) is 0 Å². The van der Waals surface area contributed by atoms with Crippen molar-refractivity contribution in [2.24, 2.45) is 0 Å². The monoisotopic (exact) mass is 318 g/mol. The molecule has 0 aliphatic heterocycles. The number of halogens is 1. The highest BCUT2D eigenvalue weighted by Crippen LogP contribution is 2.23. The Morgan fingerprint density at radius 1 is 1.27 bits per heavy atom. The molecule has 0 spiro atoms. The minimum Gasteiger partial charge on any atom is -0.441 e. The molecule has 1 heterocycles. The number of nitrogens with zero attached hydrogens (tertiary/aromatic N) is 1. The van der Waals surface area contributed by atoms with Crippen molar-refractivity contribution in [2.45, 2.75) is 44.6 Å². The Balaban J connectivity index is 1.53. The fraction of sp³-hybridized carbons (Fsp3) is 0.412. The van der Waals surface area contributed by atoms with Crippen LogP contribution in [0.2, 0.25) is 5.02 Å². The molecular weight excluding hydrogens is 300 g/mol. The van der Waals surface area contributed by atoms with Crippen LogP contribution >= 0.6 is 11.6 Å². The molecule has 1 aromatic carbocycles. The summed E-state index contributed by atoms with van der Waals surface area (Å²) in [5.74, 6) is 1.37. The Labute approximate surface area is 134 Å². The molecule has 4 nitrogen and oxygen atoms in total. The number of rotatable bonds is 5. The summed E-state index contributed by atoms with van der Waals surface area (Å²) in [7, 11) is 0. The van der Waals surface area contributed by atoms with E-state index in [0.29, 0.717) is 35.6 Å². The van der Waals surface area contributed by atoms with Gasteiger partial charge in [-0.1, -0.05) is 24.4 Å². The van der Waals surface area contributed by atoms with Crippen molar-refractivity contribution >= 4 is 17.5 Å². The van der Waals surface area contributed by atoms with Gasteiger partial charge in [0.1, 0.15) is 0 Å². The third-order valence-corrected chi connectivity index (χ3v) is 4.22. The van der Waals surface area contributed by atoms with Gasteiger partial charge in [-0.2, -0.15) is 0 Å². The fourth-order valence-electron chi connectivity index (χ4n) is 2.76. The number of aryl methyl sites for hydroxylation is 1. The van der Waals surface area contributed by atoms with Crippen LogP contribution in [0.3, 0.4) is 0 Å². The van der Waals surface area contributed by atoms with Crippen molar-refractivity contribution in [3.8, 4) is 11.3 Å². The molecule has 1 N–H and O–H groups in total. The second kappa shape index (κ2) is 6.97. The molecular formula is C17H19ClN2O2. The third kappa shape index (κ3) is 3.89. The Bertz CT molecular complexity index is 630. The summed E-state index contributed by atoms with van der Waals surface area (Å²) < 4.78 is 5.70. The van der Waals surface area contributed by atoms with Crippen LogP contribution in [0.25, 0.3) is 11.3 Å².